The summed E-state index contributed by atoms with van der Waals surface area (Å²) in [6, 6.07) is 6.94. The molecule has 3 atom stereocenters. The summed E-state index contributed by atoms with van der Waals surface area (Å²) < 4.78 is 23.3. The molecule has 2 heterocycles. The van der Waals surface area contributed by atoms with Crippen LogP contribution in [0, 0.1) is 11.8 Å². The average molecular weight is 354 g/mol. The van der Waals surface area contributed by atoms with E-state index in [1.54, 1.807) is 12.1 Å². The van der Waals surface area contributed by atoms with Gasteiger partial charge in [0.15, 0.2) is 9.84 Å². The molecule has 24 heavy (non-hydrogen) atoms. The fraction of sp³-hybridized carbons (Fsp3) is 0.647. The lowest BCUT2D eigenvalue weighted by molar-refractivity contribution is 0.0667. The van der Waals surface area contributed by atoms with Crippen molar-refractivity contribution in [2.24, 2.45) is 11.8 Å². The zero-order valence-corrected chi connectivity index (χ0v) is 15.0. The van der Waals surface area contributed by atoms with Crippen LogP contribution in [0.25, 0.3) is 0 Å². The van der Waals surface area contributed by atoms with Crippen molar-refractivity contribution in [3.63, 3.8) is 0 Å². The van der Waals surface area contributed by atoms with E-state index in [9.17, 15) is 18.6 Å². The standard InChI is InChI=1S/C17H26N2O4S/c1-3-19-8-14-15(9-19)17(10-20,11-21)18-16(14)12-4-6-13(7-5-12)24(2,22)23/h4-7,14-16,18,20-21H,3,8-11H2,1-2H3/t14-,15+,16-/m1/s1. The molecule has 0 radical (unpaired) electrons. The molecule has 0 aliphatic carbocycles. The predicted octanol–water partition coefficient (Wildman–Crippen LogP) is 0.0257. The van der Waals surface area contributed by atoms with E-state index in [0.29, 0.717) is 4.90 Å². The fourth-order valence-corrected chi connectivity index (χ4v) is 4.88. The number of rotatable bonds is 5. The Morgan fingerprint density at radius 3 is 2.33 bits per heavy atom. The Morgan fingerprint density at radius 2 is 1.83 bits per heavy atom. The number of hydrogen-bond donors (Lipinski definition) is 3. The molecule has 0 spiro atoms. The van der Waals surface area contributed by atoms with Crippen LogP contribution in [0.1, 0.15) is 18.5 Å². The summed E-state index contributed by atoms with van der Waals surface area (Å²) in [4.78, 5) is 2.65. The minimum atomic E-state index is -3.21. The molecule has 0 unspecified atom stereocenters. The summed E-state index contributed by atoms with van der Waals surface area (Å²) in [5.74, 6) is 0.459. The second-order valence-electron chi connectivity index (χ2n) is 7.06. The first-order valence-corrected chi connectivity index (χ1v) is 10.3. The van der Waals surface area contributed by atoms with Crippen LogP contribution in [-0.4, -0.2) is 68.2 Å². The SMILES string of the molecule is CCN1C[C@H]2[C@@H](c3ccc(S(C)(=O)=O)cc3)NC(CO)(CO)[C@H]2C1. The van der Waals surface area contributed by atoms with Gasteiger partial charge in [-0.05, 0) is 30.2 Å². The van der Waals surface area contributed by atoms with E-state index < -0.39 is 15.4 Å². The van der Waals surface area contributed by atoms with E-state index in [1.165, 1.54) is 6.26 Å². The summed E-state index contributed by atoms with van der Waals surface area (Å²) in [7, 11) is -3.21. The van der Waals surface area contributed by atoms with Crippen LogP contribution in [0.3, 0.4) is 0 Å². The Bertz CT molecular complexity index is 685. The maximum atomic E-state index is 11.6. The van der Waals surface area contributed by atoms with Crippen molar-refractivity contribution < 1.29 is 18.6 Å². The van der Waals surface area contributed by atoms with Gasteiger partial charge in [0.2, 0.25) is 0 Å². The van der Waals surface area contributed by atoms with Crippen LogP contribution in [0.5, 0.6) is 0 Å². The first-order chi connectivity index (χ1) is 11.3. The van der Waals surface area contributed by atoms with Gasteiger partial charge in [-0.3, -0.25) is 5.32 Å². The van der Waals surface area contributed by atoms with E-state index in [4.69, 9.17) is 0 Å². The molecule has 0 aromatic heterocycles. The van der Waals surface area contributed by atoms with Crippen molar-refractivity contribution in [3.05, 3.63) is 29.8 Å². The van der Waals surface area contributed by atoms with Crippen LogP contribution in [0.4, 0.5) is 0 Å². The average Bonchev–Trinajstić information content (AvgIpc) is 3.12. The molecule has 3 rings (SSSR count). The van der Waals surface area contributed by atoms with Gasteiger partial charge in [-0.15, -0.1) is 0 Å². The summed E-state index contributed by atoms with van der Waals surface area (Å²) in [5, 5.41) is 23.3. The molecule has 2 saturated heterocycles. The highest BCUT2D eigenvalue weighted by molar-refractivity contribution is 7.90. The lowest BCUT2D eigenvalue weighted by Crippen LogP contribution is -2.53. The molecule has 0 amide bonds. The van der Waals surface area contributed by atoms with Gasteiger partial charge in [-0.2, -0.15) is 0 Å². The maximum Gasteiger partial charge on any atom is 0.175 e. The molecular weight excluding hydrogens is 328 g/mol. The smallest absolute Gasteiger partial charge is 0.175 e. The molecule has 1 aromatic rings. The van der Waals surface area contributed by atoms with E-state index in [0.717, 1.165) is 25.2 Å². The Morgan fingerprint density at radius 1 is 1.21 bits per heavy atom. The van der Waals surface area contributed by atoms with Gasteiger partial charge in [0, 0.05) is 31.3 Å². The molecule has 1 aromatic carbocycles. The molecule has 0 bridgehead atoms. The molecule has 7 heteroatoms. The summed E-state index contributed by atoms with van der Waals surface area (Å²) in [5.41, 5.74) is 0.313. The number of hydrogen-bond acceptors (Lipinski definition) is 6. The van der Waals surface area contributed by atoms with Gasteiger partial charge >= 0.3 is 0 Å². The van der Waals surface area contributed by atoms with Crippen LogP contribution in [0.15, 0.2) is 29.2 Å². The normalized spacial score (nSPS) is 29.8. The lowest BCUT2D eigenvalue weighted by atomic mass is 9.81. The fourth-order valence-electron chi connectivity index (χ4n) is 4.25. The third-order valence-electron chi connectivity index (χ3n) is 5.70. The Balaban J connectivity index is 1.93. The Kier molecular flexibility index (Phi) is 4.74. The Labute approximate surface area is 143 Å². The highest BCUT2D eigenvalue weighted by Crippen LogP contribution is 2.46. The van der Waals surface area contributed by atoms with E-state index >= 15 is 0 Å². The molecular formula is C17H26N2O4S. The first kappa shape index (κ1) is 17.8. The van der Waals surface area contributed by atoms with Crippen LogP contribution >= 0.6 is 0 Å². The molecule has 2 aliphatic rings. The first-order valence-electron chi connectivity index (χ1n) is 8.36. The number of sulfone groups is 1. The predicted molar refractivity (Wildman–Crippen MR) is 91.4 cm³/mol. The molecule has 2 fully saturated rings. The van der Waals surface area contributed by atoms with Gasteiger partial charge in [0.1, 0.15) is 0 Å². The third kappa shape index (κ3) is 2.88. The van der Waals surface area contributed by atoms with Crippen molar-refractivity contribution in [3.8, 4) is 0 Å². The molecule has 2 aliphatic heterocycles. The topological polar surface area (TPSA) is 89.9 Å². The van der Waals surface area contributed by atoms with E-state index in [-0.39, 0.29) is 31.1 Å². The van der Waals surface area contributed by atoms with Gasteiger partial charge < -0.3 is 15.1 Å². The van der Waals surface area contributed by atoms with Crippen molar-refractivity contribution in [2.75, 3.05) is 39.1 Å². The number of nitrogens with zero attached hydrogens (tertiary/aromatic N) is 1. The highest BCUT2D eigenvalue weighted by atomic mass is 32.2. The highest BCUT2D eigenvalue weighted by Gasteiger charge is 2.56. The van der Waals surface area contributed by atoms with Crippen molar-refractivity contribution in [1.82, 2.24) is 10.2 Å². The maximum absolute atomic E-state index is 11.6. The third-order valence-corrected chi connectivity index (χ3v) is 6.83. The van der Waals surface area contributed by atoms with Gasteiger partial charge in [0.25, 0.3) is 0 Å². The Hall–Kier alpha value is -0.990. The van der Waals surface area contributed by atoms with E-state index in [1.807, 2.05) is 12.1 Å². The lowest BCUT2D eigenvalue weighted by Gasteiger charge is -2.32. The monoisotopic (exact) mass is 354 g/mol. The molecule has 0 saturated carbocycles. The molecule has 134 valence electrons. The van der Waals surface area contributed by atoms with Crippen molar-refractivity contribution in [1.29, 1.82) is 0 Å². The van der Waals surface area contributed by atoms with Crippen LogP contribution in [0.2, 0.25) is 0 Å². The summed E-state index contributed by atoms with van der Waals surface area (Å²) >= 11 is 0. The number of aliphatic hydroxyl groups excluding tert-OH is 2. The summed E-state index contributed by atoms with van der Waals surface area (Å²) in [6.45, 7) is 4.60. The molecule has 3 N–H and O–H groups in total. The van der Waals surface area contributed by atoms with Crippen LogP contribution in [-0.2, 0) is 9.84 Å². The minimum absolute atomic E-state index is 0.000500. The number of fused-ring (bicyclic) bond motifs is 1. The van der Waals surface area contributed by atoms with Crippen LogP contribution < -0.4 is 5.32 Å². The molecule has 6 nitrogen and oxygen atoms in total. The van der Waals surface area contributed by atoms with E-state index in [2.05, 4.69) is 17.1 Å². The number of likely N-dealkylation sites (tertiary alicyclic amines) is 1. The minimum Gasteiger partial charge on any atom is -0.394 e. The van der Waals surface area contributed by atoms with Gasteiger partial charge in [0.05, 0.1) is 23.6 Å². The summed E-state index contributed by atoms with van der Waals surface area (Å²) in [6.07, 6.45) is 1.20. The largest absolute Gasteiger partial charge is 0.394 e. The zero-order chi connectivity index (χ0) is 17.5. The van der Waals surface area contributed by atoms with Crippen molar-refractivity contribution >= 4 is 9.84 Å². The number of aliphatic hydroxyl groups is 2. The van der Waals surface area contributed by atoms with Gasteiger partial charge in [-0.25, -0.2) is 8.42 Å². The number of nitrogens with one attached hydrogen (secondary N) is 1. The zero-order valence-electron chi connectivity index (χ0n) is 14.1. The van der Waals surface area contributed by atoms with Gasteiger partial charge in [-0.1, -0.05) is 19.1 Å². The second-order valence-corrected chi connectivity index (χ2v) is 9.07. The second kappa shape index (κ2) is 6.38. The quantitative estimate of drug-likeness (QED) is 0.691. The number of benzene rings is 1. The van der Waals surface area contributed by atoms with Crippen molar-refractivity contribution in [2.45, 2.75) is 23.4 Å².